The van der Waals surface area contributed by atoms with Crippen LogP contribution in [0.2, 0.25) is 0 Å². The van der Waals surface area contributed by atoms with Crippen LogP contribution >= 0.6 is 0 Å². The Labute approximate surface area is 195 Å². The third-order valence-electron chi connectivity index (χ3n) is 4.80. The molecule has 8 bridgehead atoms. The molecule has 0 fully saturated rings. The first kappa shape index (κ1) is 21.4. The summed E-state index contributed by atoms with van der Waals surface area (Å²) < 4.78 is 0. The van der Waals surface area contributed by atoms with Crippen molar-refractivity contribution in [3.63, 3.8) is 0 Å². The number of hydrogen-bond acceptors (Lipinski definition) is 3. The minimum absolute atomic E-state index is 0. The van der Waals surface area contributed by atoms with Crippen LogP contribution in [-0.2, 0) is 16.8 Å². The van der Waals surface area contributed by atoms with Gasteiger partial charge in [0.1, 0.15) is 5.75 Å². The predicted octanol–water partition coefficient (Wildman–Crippen LogP) is 6.05. The smallest absolute Gasteiger partial charge is 0.115 e. The van der Waals surface area contributed by atoms with Crippen LogP contribution in [0.25, 0.3) is 46.4 Å². The van der Waals surface area contributed by atoms with Gasteiger partial charge >= 0.3 is 0 Å². The standard InChI is InChI=1S/C20H14N4.C6H6O.Co/c1-2-14-10-16-5-6-18(23-16)12-20-8-7-19(24-20)11-17-4-3-15(22-17)9-13(1)21-14;7-6-4-2-1-3-5-6;/h1-12,21-22H;1-5,7H;. The van der Waals surface area contributed by atoms with E-state index in [2.05, 4.69) is 50.3 Å². The Bertz CT molecular complexity index is 1360. The van der Waals surface area contributed by atoms with Crippen molar-refractivity contribution >= 4 is 46.4 Å². The topological polar surface area (TPSA) is 77.6 Å². The maximum Gasteiger partial charge on any atom is 0.115 e. The first-order valence-corrected chi connectivity index (χ1v) is 9.98. The number of H-pyrrole nitrogens is 2. The van der Waals surface area contributed by atoms with Crippen molar-refractivity contribution in [2.24, 2.45) is 0 Å². The number of nitrogens with one attached hydrogen (secondary N) is 2. The second kappa shape index (κ2) is 9.51. The summed E-state index contributed by atoms with van der Waals surface area (Å²) in [6.07, 6.45) is 8.05. The van der Waals surface area contributed by atoms with Crippen LogP contribution in [0.5, 0.6) is 5.75 Å². The SMILES string of the molecule is C1=Cc2cc3ccc(cc4ccc(cc5nc(cc1n2)C=C5)[nH]4)[nH]3.Oc1ccccc1.[Co]. The average Bonchev–Trinajstić information content (AvgIpc) is 3.55. The zero-order chi connectivity index (χ0) is 21.0. The van der Waals surface area contributed by atoms with Crippen molar-refractivity contribution in [1.82, 2.24) is 19.9 Å². The maximum absolute atomic E-state index is 8.63. The van der Waals surface area contributed by atoms with Gasteiger partial charge in [-0.05, 0) is 85.0 Å². The van der Waals surface area contributed by atoms with Gasteiger partial charge < -0.3 is 15.1 Å². The molecule has 3 N–H and O–H groups in total. The van der Waals surface area contributed by atoms with Gasteiger partial charge in [-0.1, -0.05) is 18.2 Å². The van der Waals surface area contributed by atoms with Gasteiger partial charge in [0.05, 0.1) is 22.8 Å². The number of aromatic amines is 2. The van der Waals surface area contributed by atoms with E-state index in [0.29, 0.717) is 5.75 Å². The molecule has 159 valence electrons. The van der Waals surface area contributed by atoms with Crippen LogP contribution in [0.3, 0.4) is 0 Å². The molecule has 0 saturated heterocycles. The second-order valence-electron chi connectivity index (χ2n) is 7.24. The van der Waals surface area contributed by atoms with E-state index in [1.807, 2.05) is 48.6 Å². The molecule has 4 aromatic rings. The predicted molar refractivity (Wildman–Crippen MR) is 127 cm³/mol. The van der Waals surface area contributed by atoms with Crippen LogP contribution in [-0.4, -0.2) is 25.0 Å². The summed E-state index contributed by atoms with van der Waals surface area (Å²) >= 11 is 0. The van der Waals surface area contributed by atoms with Crippen LogP contribution < -0.4 is 0 Å². The van der Waals surface area contributed by atoms with Gasteiger partial charge in [0.25, 0.3) is 0 Å². The molecule has 3 aromatic heterocycles. The molecule has 1 radical (unpaired) electrons. The number of phenolic OH excluding ortho intramolecular Hbond substituents is 1. The zero-order valence-electron chi connectivity index (χ0n) is 17.0. The molecule has 1 aromatic carbocycles. The van der Waals surface area contributed by atoms with E-state index in [1.54, 1.807) is 24.3 Å². The molecule has 5 heterocycles. The van der Waals surface area contributed by atoms with E-state index in [9.17, 15) is 0 Å². The van der Waals surface area contributed by atoms with Crippen molar-refractivity contribution in [2.75, 3.05) is 0 Å². The summed E-state index contributed by atoms with van der Waals surface area (Å²) in [7, 11) is 0. The van der Waals surface area contributed by atoms with Gasteiger partial charge in [-0.2, -0.15) is 0 Å². The van der Waals surface area contributed by atoms with Crippen LogP contribution in [0, 0.1) is 0 Å². The van der Waals surface area contributed by atoms with Gasteiger partial charge in [0, 0.05) is 38.8 Å². The summed E-state index contributed by atoms with van der Waals surface area (Å²) in [5.41, 5.74) is 7.86. The number of rotatable bonds is 0. The Morgan fingerprint density at radius 1 is 0.500 bits per heavy atom. The average molecular weight is 463 g/mol. The number of fused-ring (bicyclic) bond motifs is 8. The third-order valence-corrected chi connectivity index (χ3v) is 4.80. The maximum atomic E-state index is 8.63. The minimum Gasteiger partial charge on any atom is -0.508 e. The number of hydrogen-bond donors (Lipinski definition) is 3. The molecule has 0 saturated carbocycles. The van der Waals surface area contributed by atoms with Gasteiger partial charge in [0.15, 0.2) is 0 Å². The normalized spacial score (nSPS) is 11.4. The monoisotopic (exact) mass is 463 g/mol. The van der Waals surface area contributed by atoms with E-state index < -0.39 is 0 Å². The number of phenols is 1. The van der Waals surface area contributed by atoms with Crippen molar-refractivity contribution in [3.05, 3.63) is 102 Å². The van der Waals surface area contributed by atoms with Gasteiger partial charge in [-0.3, -0.25) is 0 Å². The first-order chi connectivity index (χ1) is 15.2. The summed E-state index contributed by atoms with van der Waals surface area (Å²) in [5.74, 6) is 0.322. The van der Waals surface area contributed by atoms with Gasteiger partial charge in [-0.25, -0.2) is 9.97 Å². The molecule has 32 heavy (non-hydrogen) atoms. The molecular weight excluding hydrogens is 443 g/mol. The first-order valence-electron chi connectivity index (χ1n) is 9.98. The summed E-state index contributed by atoms with van der Waals surface area (Å²) in [5, 5.41) is 8.63. The van der Waals surface area contributed by atoms with Crippen molar-refractivity contribution < 1.29 is 21.9 Å². The molecule has 6 heteroatoms. The molecule has 5 nitrogen and oxygen atoms in total. The molecule has 0 spiro atoms. The zero-order valence-corrected chi connectivity index (χ0v) is 18.0. The Kier molecular flexibility index (Phi) is 6.35. The van der Waals surface area contributed by atoms with E-state index in [-0.39, 0.29) is 16.8 Å². The molecular formula is C26H20CoN4O. The molecule has 0 amide bonds. The van der Waals surface area contributed by atoms with Crippen molar-refractivity contribution in [3.8, 4) is 5.75 Å². The molecule has 0 unspecified atom stereocenters. The second-order valence-corrected chi connectivity index (χ2v) is 7.24. The Morgan fingerprint density at radius 3 is 1.31 bits per heavy atom. The van der Waals surface area contributed by atoms with Crippen LogP contribution in [0.4, 0.5) is 0 Å². The fourth-order valence-electron chi connectivity index (χ4n) is 3.37. The quantitative estimate of drug-likeness (QED) is 0.257. The van der Waals surface area contributed by atoms with Gasteiger partial charge in [0.2, 0.25) is 0 Å². The van der Waals surface area contributed by atoms with Crippen LogP contribution in [0.15, 0.2) is 78.9 Å². The van der Waals surface area contributed by atoms with Gasteiger partial charge in [-0.15, -0.1) is 0 Å². The minimum atomic E-state index is 0. The van der Waals surface area contributed by atoms with Crippen molar-refractivity contribution in [1.29, 1.82) is 0 Å². The molecule has 0 aliphatic carbocycles. The van der Waals surface area contributed by atoms with Crippen LogP contribution in [0.1, 0.15) is 22.8 Å². The van der Waals surface area contributed by atoms with E-state index in [0.717, 1.165) is 44.8 Å². The number of nitrogens with zero attached hydrogens (tertiary/aromatic N) is 2. The number of aromatic hydroxyl groups is 1. The van der Waals surface area contributed by atoms with E-state index in [4.69, 9.17) is 5.11 Å². The fraction of sp³-hybridized carbons (Fsp3) is 0. The Balaban J connectivity index is 0.000000265. The molecule has 2 aliphatic heterocycles. The molecule has 0 atom stereocenters. The number of aromatic nitrogens is 4. The molecule has 6 rings (SSSR count). The number of benzene rings is 1. The van der Waals surface area contributed by atoms with E-state index >= 15 is 0 Å². The largest absolute Gasteiger partial charge is 0.508 e. The Morgan fingerprint density at radius 2 is 0.906 bits per heavy atom. The molecule has 2 aliphatic rings. The van der Waals surface area contributed by atoms with Crippen molar-refractivity contribution in [2.45, 2.75) is 0 Å². The fourth-order valence-corrected chi connectivity index (χ4v) is 3.37. The summed E-state index contributed by atoms with van der Waals surface area (Å²) in [4.78, 5) is 16.0. The summed E-state index contributed by atoms with van der Waals surface area (Å²) in [6, 6.07) is 25.1. The Hall–Kier alpha value is -3.87. The summed E-state index contributed by atoms with van der Waals surface area (Å²) in [6.45, 7) is 0. The van der Waals surface area contributed by atoms with E-state index in [1.165, 1.54) is 0 Å². The number of para-hydroxylation sites is 1. The third kappa shape index (κ3) is 5.24.